The lowest BCUT2D eigenvalue weighted by atomic mass is 10.00. The van der Waals surface area contributed by atoms with Gasteiger partial charge in [-0.25, -0.2) is 0 Å². The van der Waals surface area contributed by atoms with Crippen LogP contribution in [0, 0.1) is 0 Å². The number of piperidine rings is 2. The summed E-state index contributed by atoms with van der Waals surface area (Å²) in [5, 5.41) is 10.00. The molecule has 7 nitrogen and oxygen atoms in total. The first-order valence-corrected chi connectivity index (χ1v) is 12.1. The van der Waals surface area contributed by atoms with E-state index in [1.165, 1.54) is 45.2 Å². The molecule has 5 heterocycles. The highest BCUT2D eigenvalue weighted by Gasteiger charge is 2.42. The molecule has 1 aromatic heterocycles. The fourth-order valence-electron chi connectivity index (χ4n) is 5.80. The highest BCUT2D eigenvalue weighted by atomic mass is 35.5. The lowest BCUT2D eigenvalue weighted by Crippen LogP contribution is -2.47. The first-order chi connectivity index (χ1) is 15.2. The number of ether oxygens (including phenoxy) is 2. The number of halogens is 1. The lowest BCUT2D eigenvalue weighted by Gasteiger charge is -2.40. The SMILES string of the molecule is Clc1ccc2c(c1)CC1(Cc3nnc(N4CCC(N5CCCCC5)CC4)n3-2)OCCO1. The Balaban J connectivity index is 1.30. The zero-order chi connectivity index (χ0) is 20.8. The van der Waals surface area contributed by atoms with E-state index in [1.807, 2.05) is 12.1 Å². The Morgan fingerprint density at radius 2 is 1.71 bits per heavy atom. The van der Waals surface area contributed by atoms with Crippen LogP contribution < -0.4 is 4.90 Å². The van der Waals surface area contributed by atoms with Gasteiger partial charge in [0.25, 0.3) is 0 Å². The second-order valence-corrected chi connectivity index (χ2v) is 9.74. The van der Waals surface area contributed by atoms with E-state index >= 15 is 0 Å². The zero-order valence-electron chi connectivity index (χ0n) is 17.9. The van der Waals surface area contributed by atoms with Crippen LogP contribution in [0.25, 0.3) is 5.69 Å². The average molecular weight is 444 g/mol. The van der Waals surface area contributed by atoms with Crippen molar-refractivity contribution in [1.29, 1.82) is 0 Å². The van der Waals surface area contributed by atoms with Crippen LogP contribution in [0.5, 0.6) is 0 Å². The van der Waals surface area contributed by atoms with Crippen LogP contribution >= 0.6 is 11.6 Å². The minimum Gasteiger partial charge on any atom is -0.347 e. The van der Waals surface area contributed by atoms with Crippen LogP contribution in [0.4, 0.5) is 5.95 Å². The van der Waals surface area contributed by atoms with Gasteiger partial charge in [-0.05, 0) is 62.5 Å². The summed E-state index contributed by atoms with van der Waals surface area (Å²) >= 11 is 6.37. The molecule has 0 atom stereocenters. The van der Waals surface area contributed by atoms with Crippen molar-refractivity contribution in [3.8, 4) is 5.69 Å². The molecule has 0 aliphatic carbocycles. The summed E-state index contributed by atoms with van der Waals surface area (Å²) < 4.78 is 14.4. The van der Waals surface area contributed by atoms with Crippen LogP contribution in [0.15, 0.2) is 18.2 Å². The van der Waals surface area contributed by atoms with Gasteiger partial charge in [-0.1, -0.05) is 18.0 Å². The minimum absolute atomic E-state index is 0.594. The molecule has 8 heteroatoms. The van der Waals surface area contributed by atoms with E-state index in [0.717, 1.165) is 41.1 Å². The number of rotatable bonds is 2. The molecule has 4 aliphatic heterocycles. The second kappa shape index (κ2) is 8.03. The summed E-state index contributed by atoms with van der Waals surface area (Å²) in [4.78, 5) is 5.12. The van der Waals surface area contributed by atoms with E-state index < -0.39 is 5.79 Å². The van der Waals surface area contributed by atoms with Crippen molar-refractivity contribution in [2.24, 2.45) is 0 Å². The third-order valence-electron chi connectivity index (χ3n) is 7.35. The molecule has 1 spiro atoms. The fraction of sp³-hybridized carbons (Fsp3) is 0.652. The van der Waals surface area contributed by atoms with Gasteiger partial charge < -0.3 is 19.3 Å². The smallest absolute Gasteiger partial charge is 0.231 e. The van der Waals surface area contributed by atoms with Crippen LogP contribution in [0.3, 0.4) is 0 Å². The molecule has 166 valence electrons. The molecular weight excluding hydrogens is 414 g/mol. The largest absolute Gasteiger partial charge is 0.347 e. The highest BCUT2D eigenvalue weighted by Crippen LogP contribution is 2.38. The van der Waals surface area contributed by atoms with Gasteiger partial charge in [0, 0.05) is 30.6 Å². The Morgan fingerprint density at radius 1 is 0.935 bits per heavy atom. The molecule has 4 aliphatic rings. The molecule has 0 amide bonds. The summed E-state index contributed by atoms with van der Waals surface area (Å²) in [6, 6.07) is 6.77. The first kappa shape index (κ1) is 20.0. The Labute approximate surface area is 188 Å². The Bertz CT molecular complexity index is 943. The van der Waals surface area contributed by atoms with Crippen molar-refractivity contribution in [2.75, 3.05) is 44.3 Å². The Hall–Kier alpha value is -1.67. The van der Waals surface area contributed by atoms with Gasteiger partial charge in [0.05, 0.1) is 25.3 Å². The predicted octanol–water partition coefficient (Wildman–Crippen LogP) is 3.22. The zero-order valence-corrected chi connectivity index (χ0v) is 18.7. The maximum absolute atomic E-state index is 6.37. The van der Waals surface area contributed by atoms with Crippen molar-refractivity contribution in [3.63, 3.8) is 0 Å². The van der Waals surface area contributed by atoms with Gasteiger partial charge in [0.1, 0.15) is 5.82 Å². The van der Waals surface area contributed by atoms with E-state index in [2.05, 4.69) is 30.6 Å². The summed E-state index contributed by atoms with van der Waals surface area (Å²) in [6.45, 7) is 5.78. The van der Waals surface area contributed by atoms with Crippen molar-refractivity contribution < 1.29 is 9.47 Å². The topological polar surface area (TPSA) is 55.7 Å². The van der Waals surface area contributed by atoms with Gasteiger partial charge in [0.15, 0.2) is 5.79 Å². The minimum atomic E-state index is -0.667. The molecule has 0 N–H and O–H groups in total. The summed E-state index contributed by atoms with van der Waals surface area (Å²) in [5.41, 5.74) is 2.21. The van der Waals surface area contributed by atoms with Crippen LogP contribution in [0.1, 0.15) is 43.5 Å². The maximum atomic E-state index is 6.37. The van der Waals surface area contributed by atoms with Gasteiger partial charge >= 0.3 is 0 Å². The Kier molecular flexibility index (Phi) is 5.17. The normalized spacial score (nSPS) is 24.2. The van der Waals surface area contributed by atoms with E-state index in [9.17, 15) is 0 Å². The van der Waals surface area contributed by atoms with Crippen molar-refractivity contribution in [3.05, 3.63) is 34.6 Å². The molecule has 6 rings (SSSR count). The van der Waals surface area contributed by atoms with Crippen LogP contribution in [-0.4, -0.2) is 70.9 Å². The number of hydrogen-bond acceptors (Lipinski definition) is 6. The highest BCUT2D eigenvalue weighted by molar-refractivity contribution is 6.30. The third-order valence-corrected chi connectivity index (χ3v) is 7.59. The molecule has 0 saturated carbocycles. The standard InChI is InChI=1S/C23H30ClN5O2/c24-18-4-5-20-17(14-18)15-23(30-12-13-31-23)16-21-25-26-22(29(20)21)28-10-6-19(7-11-28)27-8-2-1-3-9-27/h4-5,14,19H,1-3,6-13,15-16H2. The summed E-state index contributed by atoms with van der Waals surface area (Å²) in [6.07, 6.45) is 7.72. The molecular formula is C23H30ClN5O2. The lowest BCUT2D eigenvalue weighted by molar-refractivity contribution is -0.155. The van der Waals surface area contributed by atoms with Crippen molar-refractivity contribution in [1.82, 2.24) is 19.7 Å². The number of benzene rings is 1. The molecule has 0 bridgehead atoms. The van der Waals surface area contributed by atoms with Crippen LogP contribution in [0.2, 0.25) is 5.02 Å². The van der Waals surface area contributed by atoms with E-state index in [0.29, 0.717) is 32.1 Å². The Morgan fingerprint density at radius 3 is 2.48 bits per heavy atom. The molecule has 3 fully saturated rings. The van der Waals surface area contributed by atoms with Gasteiger partial charge in [-0.15, -0.1) is 10.2 Å². The molecule has 31 heavy (non-hydrogen) atoms. The van der Waals surface area contributed by atoms with Crippen LogP contribution in [-0.2, 0) is 22.3 Å². The average Bonchev–Trinajstić information content (AvgIpc) is 3.39. The first-order valence-electron chi connectivity index (χ1n) is 11.7. The molecule has 3 saturated heterocycles. The molecule has 0 radical (unpaired) electrons. The van der Waals surface area contributed by atoms with E-state index in [1.54, 1.807) is 0 Å². The molecule has 2 aromatic rings. The fourth-order valence-corrected chi connectivity index (χ4v) is 5.99. The number of anilines is 1. The number of aromatic nitrogens is 3. The quantitative estimate of drug-likeness (QED) is 0.710. The van der Waals surface area contributed by atoms with Gasteiger partial charge in [0.2, 0.25) is 5.95 Å². The number of fused-ring (bicyclic) bond motifs is 3. The van der Waals surface area contributed by atoms with E-state index in [4.69, 9.17) is 21.1 Å². The number of nitrogens with zero attached hydrogens (tertiary/aromatic N) is 5. The van der Waals surface area contributed by atoms with Gasteiger partial charge in [-0.3, -0.25) is 4.57 Å². The monoisotopic (exact) mass is 443 g/mol. The van der Waals surface area contributed by atoms with Gasteiger partial charge in [-0.2, -0.15) is 0 Å². The van der Waals surface area contributed by atoms with Crippen molar-refractivity contribution >= 4 is 17.5 Å². The van der Waals surface area contributed by atoms with Crippen molar-refractivity contribution in [2.45, 2.75) is 56.8 Å². The second-order valence-electron chi connectivity index (χ2n) is 9.30. The molecule has 1 aromatic carbocycles. The predicted molar refractivity (Wildman–Crippen MR) is 119 cm³/mol. The molecule has 0 unspecified atom stereocenters. The number of likely N-dealkylation sites (tertiary alicyclic amines) is 1. The maximum Gasteiger partial charge on any atom is 0.231 e. The third kappa shape index (κ3) is 3.65. The summed E-state index contributed by atoms with van der Waals surface area (Å²) in [5.74, 6) is 1.17. The summed E-state index contributed by atoms with van der Waals surface area (Å²) in [7, 11) is 0. The van der Waals surface area contributed by atoms with E-state index in [-0.39, 0.29) is 0 Å². The number of hydrogen-bond donors (Lipinski definition) is 0.